The zero-order chi connectivity index (χ0) is 104. The third-order valence-corrected chi connectivity index (χ3v) is 25.5. The standard InChI is InChI=1S/C86H153N37O17/c1-5-48(4)64(117-63(124)46-109-65(125)49(87)19-6-32-102-80(88)89)72(132)114-54(24-11-37-107-85(98)99)75(135)119-40-14-27-58(119)69(129)113-53(23-10-36-106-84(96)97)76(136)123-44-18-31-62(123)78(138)122-43-17-30-61(122)67(127)110-50(20-7-33-103-81(90)91)66(126)116-56(45-47(2)3)77(137)121-42-16-28-59(121)70(130)112-51(21-8-34-104-82(92)93)73(133)118-39-13-26-57(118)68(128)111-52(22-9-35-105-83(94)95)74(134)120-41-15-29-60(120)71(131)115-55(79(139)140)25-12-38-108-86(100)101/h47-62,64H,5-46,87H2,1-4H3,(H,109,125)(H,110,127)(H,111,128)(H,112,130)(H,113,129)(H,114,132)(H,115,131)(H,116,126)(H,117,124)(H,139,140)(H4,88,89,102)(H4,90,91,103)(H4,92,93,104)(H4,94,95,105)(H4,96,97,106)(H4,98,99,107)(H4,100,101,108)/t48-,49-,50-,51-,52-,53-,54-,55-,56-,57-,58-,59-,60-,61-,62-,64-/m0/s1. The number of amides is 15. The van der Waals surface area contributed by atoms with Crippen molar-refractivity contribution in [2.45, 2.75) is 298 Å². The first kappa shape index (κ1) is 115. The molecule has 54 heteroatoms. The molecular weight excluding hydrogens is 1820 g/mol. The van der Waals surface area contributed by atoms with Gasteiger partial charge in [0.2, 0.25) is 88.6 Å². The number of nitrogens with two attached hydrogens (primary N) is 8. The monoisotopic (exact) mass is 1980 g/mol. The van der Waals surface area contributed by atoms with Crippen LogP contribution in [-0.2, 0) is 76.7 Å². The Morgan fingerprint density at radius 2 is 0.571 bits per heavy atom. The van der Waals surface area contributed by atoms with Crippen LogP contribution in [0.1, 0.15) is 207 Å². The molecule has 16 atom stereocenters. The summed E-state index contributed by atoms with van der Waals surface area (Å²) in [7, 11) is 0. The van der Waals surface area contributed by atoms with Crippen molar-refractivity contribution in [3.63, 3.8) is 0 Å². The summed E-state index contributed by atoms with van der Waals surface area (Å²) in [5, 5.41) is 107. The van der Waals surface area contributed by atoms with E-state index < -0.39 is 198 Å². The fourth-order valence-electron chi connectivity index (χ4n) is 18.2. The molecule has 0 unspecified atom stereocenters. The van der Waals surface area contributed by atoms with Crippen LogP contribution >= 0.6 is 0 Å². The lowest BCUT2D eigenvalue weighted by Crippen LogP contribution is -2.60. The van der Waals surface area contributed by atoms with E-state index in [1.165, 1.54) is 29.4 Å². The number of hydrogen-bond donors (Lipinski definition) is 32. The summed E-state index contributed by atoms with van der Waals surface area (Å²) in [6.07, 6.45) is 4.18. The minimum atomic E-state index is -1.41. The summed E-state index contributed by atoms with van der Waals surface area (Å²) >= 11 is 0. The number of rotatable bonds is 57. The number of carbonyl (C=O) groups excluding carboxylic acids is 15. The Morgan fingerprint density at radius 3 is 0.886 bits per heavy atom. The minimum absolute atomic E-state index is 0.0149. The molecule has 0 saturated carbocycles. The van der Waals surface area contributed by atoms with Gasteiger partial charge in [0.15, 0.2) is 41.7 Å². The van der Waals surface area contributed by atoms with Gasteiger partial charge in [0.05, 0.1) is 12.6 Å². The molecule has 15 amide bonds. The molecule has 0 aromatic heterocycles. The lowest BCUT2D eigenvalue weighted by molar-refractivity contribution is -0.148. The van der Waals surface area contributed by atoms with Gasteiger partial charge in [0, 0.05) is 85.1 Å². The van der Waals surface area contributed by atoms with Crippen LogP contribution in [0.2, 0.25) is 0 Å². The van der Waals surface area contributed by atoms with Crippen molar-refractivity contribution in [2.75, 3.05) is 91.6 Å². The maximum Gasteiger partial charge on any atom is 0.326 e. The molecule has 6 saturated heterocycles. The van der Waals surface area contributed by atoms with Gasteiger partial charge in [-0.1, -0.05) is 34.1 Å². The molecule has 784 valence electrons. The number of hydrogen-bond acceptors (Lipinski definition) is 24. The molecule has 0 aliphatic carbocycles. The van der Waals surface area contributed by atoms with Gasteiger partial charge < -0.3 is 165 Å². The van der Waals surface area contributed by atoms with Gasteiger partial charge in [-0.2, -0.15) is 0 Å². The van der Waals surface area contributed by atoms with E-state index in [0.29, 0.717) is 51.4 Å². The molecule has 6 aliphatic rings. The van der Waals surface area contributed by atoms with Crippen molar-refractivity contribution in [3.8, 4) is 0 Å². The summed E-state index contributed by atoms with van der Waals surface area (Å²) in [6, 6.07) is -18.8. The highest BCUT2D eigenvalue weighted by molar-refractivity contribution is 6.02. The second-order valence-corrected chi connectivity index (χ2v) is 36.7. The second kappa shape index (κ2) is 58.3. The Labute approximate surface area is 814 Å². The van der Waals surface area contributed by atoms with Crippen LogP contribution in [0.3, 0.4) is 0 Å². The maximum atomic E-state index is 15.3. The lowest BCUT2D eigenvalue weighted by atomic mass is 9.97. The normalized spacial score (nSPS) is 19.8. The van der Waals surface area contributed by atoms with E-state index in [0.717, 1.165) is 0 Å². The van der Waals surface area contributed by atoms with E-state index in [2.05, 4.69) is 85.1 Å². The molecule has 6 fully saturated rings. The maximum absolute atomic E-state index is 15.3. The van der Waals surface area contributed by atoms with Crippen molar-refractivity contribution < 1.29 is 81.8 Å². The largest absolute Gasteiger partial charge is 0.480 e. The topological polar surface area (TPSA) is 880 Å². The summed E-state index contributed by atoms with van der Waals surface area (Å²) in [6.45, 7) is 7.60. The highest BCUT2D eigenvalue weighted by Gasteiger charge is 2.49. The molecule has 140 heavy (non-hydrogen) atoms. The van der Waals surface area contributed by atoms with Crippen LogP contribution in [0.5, 0.6) is 0 Å². The molecule has 0 aromatic rings. The van der Waals surface area contributed by atoms with Crippen LogP contribution in [-0.4, -0.2) is 353 Å². The quantitative estimate of drug-likeness (QED) is 0.0153. The number of nitrogens with zero attached hydrogens (tertiary/aromatic N) is 6. The third-order valence-electron chi connectivity index (χ3n) is 25.5. The molecule has 6 aliphatic heterocycles. The van der Waals surface area contributed by atoms with Gasteiger partial charge in [-0.05, 0) is 185 Å². The predicted molar refractivity (Wildman–Crippen MR) is 515 cm³/mol. The fourth-order valence-corrected chi connectivity index (χ4v) is 18.2. The zero-order valence-corrected chi connectivity index (χ0v) is 80.8. The van der Waals surface area contributed by atoms with Crippen LogP contribution in [0.25, 0.3) is 0 Å². The first-order valence-corrected chi connectivity index (χ1v) is 48.5. The van der Waals surface area contributed by atoms with Crippen LogP contribution in [0.4, 0.5) is 0 Å². The Bertz CT molecular complexity index is 4360. The number of guanidine groups is 7. The molecule has 40 N–H and O–H groups in total. The SMILES string of the molecule is CC[C@H](C)[C@H](NC(=O)CNC(=O)[C@@H](N)CCCNC(=N)N)C(=O)N[C@@H](CCCNC(=N)N)C(=O)N1CCC[C@H]1C(=O)N[C@@H](CCCNC(=N)N)C(=O)N1CCC[C@H]1C(=O)N1CCC[C@H]1C(=O)N[C@@H](CCCNC(=N)N)C(=O)N[C@@H](CC(C)C)C(=O)N1CCC[C@H]1C(=O)N[C@@H](CCCNC(=N)N)C(=O)N1CCC[C@H]1C(=O)N[C@@H](CCCNC(=N)N)C(=O)N1CCC[C@H]1C(=O)N[C@@H](CCCNC(=N)N)C(=O)O. The molecule has 54 nitrogen and oxygen atoms in total. The molecule has 0 radical (unpaired) electrons. The second-order valence-electron chi connectivity index (χ2n) is 36.7. The van der Waals surface area contributed by atoms with E-state index in [9.17, 15) is 57.8 Å². The van der Waals surface area contributed by atoms with E-state index >= 15 is 24.0 Å². The van der Waals surface area contributed by atoms with E-state index in [1.54, 1.807) is 27.7 Å². The van der Waals surface area contributed by atoms with Crippen molar-refractivity contribution in [1.82, 2.24) is 114 Å². The molecular formula is C86H153N37O17. The van der Waals surface area contributed by atoms with Gasteiger partial charge >= 0.3 is 5.97 Å². The summed E-state index contributed by atoms with van der Waals surface area (Å²) in [5.41, 5.74) is 44.7. The van der Waals surface area contributed by atoms with Crippen molar-refractivity contribution in [3.05, 3.63) is 0 Å². The predicted octanol–water partition coefficient (Wildman–Crippen LogP) is -8.73. The Hall–Kier alpha value is -13.6. The number of carbonyl (C=O) groups is 16. The summed E-state index contributed by atoms with van der Waals surface area (Å²) < 4.78 is 0. The molecule has 0 bridgehead atoms. The van der Waals surface area contributed by atoms with E-state index in [1.807, 2.05) is 0 Å². The number of aliphatic carboxylic acids is 1. The van der Waals surface area contributed by atoms with Crippen LogP contribution < -0.4 is 131 Å². The zero-order valence-electron chi connectivity index (χ0n) is 80.8. The summed E-state index contributed by atoms with van der Waals surface area (Å²) in [4.78, 5) is 240. The van der Waals surface area contributed by atoms with Crippen molar-refractivity contribution >= 4 is 136 Å². The molecule has 6 heterocycles. The fraction of sp³-hybridized carbons (Fsp3) is 0.733. The smallest absolute Gasteiger partial charge is 0.326 e. The Kier molecular flexibility index (Phi) is 47.9. The summed E-state index contributed by atoms with van der Waals surface area (Å²) in [5.74, 6) is -15.3. The first-order valence-electron chi connectivity index (χ1n) is 48.5. The molecule has 0 aromatic carbocycles. The van der Waals surface area contributed by atoms with Crippen LogP contribution in [0, 0.1) is 49.7 Å². The van der Waals surface area contributed by atoms with Gasteiger partial charge in [-0.25, -0.2) is 4.79 Å². The Morgan fingerprint density at radius 1 is 0.314 bits per heavy atom. The van der Waals surface area contributed by atoms with E-state index in [4.69, 9.17) is 83.7 Å². The third kappa shape index (κ3) is 36.9. The number of carboxylic acid groups (broad SMARTS) is 1. The average Bonchev–Trinajstić information content (AvgIpc) is 1.65. The number of carboxylic acids is 1. The van der Waals surface area contributed by atoms with E-state index in [-0.39, 0.29) is 261 Å². The Balaban J connectivity index is 1.18. The molecule has 0 spiro atoms. The van der Waals surface area contributed by atoms with Crippen molar-refractivity contribution in [1.29, 1.82) is 37.9 Å². The highest BCUT2D eigenvalue weighted by Crippen LogP contribution is 2.30. The van der Waals surface area contributed by atoms with Gasteiger partial charge in [-0.15, -0.1) is 0 Å². The number of likely N-dealkylation sites (tertiary alicyclic amines) is 6. The van der Waals surface area contributed by atoms with Gasteiger partial charge in [0.25, 0.3) is 0 Å². The lowest BCUT2D eigenvalue weighted by Gasteiger charge is -2.34. The van der Waals surface area contributed by atoms with Gasteiger partial charge in [-0.3, -0.25) is 110 Å². The van der Waals surface area contributed by atoms with Crippen molar-refractivity contribution in [2.24, 2.45) is 57.7 Å². The minimum Gasteiger partial charge on any atom is -0.480 e. The van der Waals surface area contributed by atoms with Crippen LogP contribution in [0.15, 0.2) is 0 Å². The average molecular weight is 1980 g/mol. The molecule has 6 rings (SSSR count). The number of nitrogens with one attached hydrogen (secondary N) is 23. The van der Waals surface area contributed by atoms with Gasteiger partial charge in [0.1, 0.15) is 84.6 Å². The first-order chi connectivity index (χ1) is 66.4. The highest BCUT2D eigenvalue weighted by atomic mass is 16.4.